The molecule has 0 aliphatic rings. The van der Waals surface area contributed by atoms with Gasteiger partial charge in [0.1, 0.15) is 6.61 Å². The van der Waals surface area contributed by atoms with Crippen LogP contribution in [-0.2, 0) is 28.6 Å². The number of aliphatic carboxylic acids is 1. The number of hydrogen-bond acceptors (Lipinski definition) is 6. The number of likely N-dealkylation sites (N-methyl/N-ethyl adjacent to an activating group) is 1. The van der Waals surface area contributed by atoms with Gasteiger partial charge in [-0.1, -0.05) is 139 Å². The molecule has 0 saturated heterocycles. The number of rotatable bonds is 36. The first kappa shape index (κ1) is 50.0. The number of hydrogen-bond donors (Lipinski definition) is 1. The highest BCUT2D eigenvalue weighted by molar-refractivity contribution is 5.72. The van der Waals surface area contributed by atoms with Crippen molar-refractivity contribution in [3.63, 3.8) is 0 Å². The molecular weight excluding hydrogens is 666 g/mol. The molecular formula is C45H78NO7+. The summed E-state index contributed by atoms with van der Waals surface area (Å²) >= 11 is 0. The minimum atomic E-state index is -0.881. The van der Waals surface area contributed by atoms with E-state index < -0.39 is 18.1 Å². The number of nitrogens with zero attached hydrogens (tertiary/aromatic N) is 1. The summed E-state index contributed by atoms with van der Waals surface area (Å²) < 4.78 is 17.2. The van der Waals surface area contributed by atoms with Gasteiger partial charge in [-0.05, 0) is 57.8 Å². The van der Waals surface area contributed by atoms with Crippen molar-refractivity contribution in [2.24, 2.45) is 0 Å². The van der Waals surface area contributed by atoms with Crippen molar-refractivity contribution in [3.05, 3.63) is 60.8 Å². The molecule has 8 heteroatoms. The smallest absolute Gasteiger partial charge is 0.362 e. The summed E-state index contributed by atoms with van der Waals surface area (Å²) in [6, 6.07) is -0.616. The molecule has 0 aliphatic carbocycles. The predicted molar refractivity (Wildman–Crippen MR) is 220 cm³/mol. The number of allylic oxidation sites excluding steroid dienone is 10. The maximum Gasteiger partial charge on any atom is 0.362 e. The van der Waals surface area contributed by atoms with E-state index in [0.717, 1.165) is 83.5 Å². The van der Waals surface area contributed by atoms with Gasteiger partial charge in [-0.2, -0.15) is 0 Å². The fourth-order valence-electron chi connectivity index (χ4n) is 5.70. The van der Waals surface area contributed by atoms with Crippen LogP contribution in [0.5, 0.6) is 0 Å². The van der Waals surface area contributed by atoms with Crippen LogP contribution in [0, 0.1) is 0 Å². The van der Waals surface area contributed by atoms with E-state index in [4.69, 9.17) is 14.2 Å². The van der Waals surface area contributed by atoms with E-state index in [-0.39, 0.29) is 36.2 Å². The average molecular weight is 745 g/mol. The van der Waals surface area contributed by atoms with Gasteiger partial charge in [0.05, 0.1) is 34.4 Å². The molecule has 0 rings (SSSR count). The topological polar surface area (TPSA) is 99.1 Å². The van der Waals surface area contributed by atoms with Crippen LogP contribution in [0.15, 0.2) is 60.8 Å². The molecule has 304 valence electrons. The maximum atomic E-state index is 12.6. The summed E-state index contributed by atoms with van der Waals surface area (Å²) in [5, 5.41) is 9.58. The largest absolute Gasteiger partial charge is 0.477 e. The summed E-state index contributed by atoms with van der Waals surface area (Å²) in [5.41, 5.74) is 0. The lowest BCUT2D eigenvalue weighted by atomic mass is 10.1. The lowest BCUT2D eigenvalue weighted by Gasteiger charge is -2.31. The zero-order valence-electron chi connectivity index (χ0n) is 34.4. The Balaban J connectivity index is 4.24. The zero-order chi connectivity index (χ0) is 39.3. The molecule has 0 aromatic rings. The van der Waals surface area contributed by atoms with Crippen LogP contribution in [0.2, 0.25) is 0 Å². The number of esters is 2. The number of carboxylic acid groups (broad SMARTS) is 1. The standard InChI is InChI=1S/C45H77NO7/c1-6-8-10-12-14-15-16-17-18-19-20-21-22-23-24-25-26-27-28-30-31-33-35-43(47)52-40-41(39-51-38-37-42(45(49)50)46(3,4)5)53-44(48)36-34-32-29-13-11-9-7-2/h8,10,14-15,17-18,20-21,23-24,41-42H,6-7,9,11-13,16,19,22,25-40H2,1-5H3/p+1/b10-8+,15-14+,18-17+,21-20+,24-23+. The highest BCUT2D eigenvalue weighted by Crippen LogP contribution is 2.13. The lowest BCUT2D eigenvalue weighted by molar-refractivity contribution is -0.887. The summed E-state index contributed by atoms with van der Waals surface area (Å²) in [4.78, 5) is 36.7. The Kier molecular flexibility index (Phi) is 34.0. The molecule has 8 nitrogen and oxygen atoms in total. The Morgan fingerprint density at radius 1 is 0.585 bits per heavy atom. The Hall–Kier alpha value is -2.97. The van der Waals surface area contributed by atoms with Crippen LogP contribution in [0.3, 0.4) is 0 Å². The molecule has 0 saturated carbocycles. The van der Waals surface area contributed by atoms with Gasteiger partial charge in [-0.15, -0.1) is 0 Å². The second kappa shape index (κ2) is 36.0. The lowest BCUT2D eigenvalue weighted by Crippen LogP contribution is -2.50. The van der Waals surface area contributed by atoms with Crippen molar-refractivity contribution in [2.45, 2.75) is 167 Å². The Bertz CT molecular complexity index is 1050. The molecule has 0 amide bonds. The van der Waals surface area contributed by atoms with Crippen molar-refractivity contribution in [1.82, 2.24) is 0 Å². The van der Waals surface area contributed by atoms with E-state index in [1.165, 1.54) is 38.5 Å². The molecule has 0 bridgehead atoms. The average Bonchev–Trinajstić information content (AvgIpc) is 3.11. The molecule has 0 heterocycles. The normalized spacial score (nSPS) is 13.6. The van der Waals surface area contributed by atoms with Crippen LogP contribution in [0.4, 0.5) is 0 Å². The SMILES string of the molecule is CC/C=C/C/C=C/C/C=C/C/C=C/C/C=C/CCCCCCCCC(=O)OCC(COCCC(C(=O)O)[N+](C)(C)C)OC(=O)CCCCCCCCC. The third kappa shape index (κ3) is 34.5. The fourth-order valence-corrected chi connectivity index (χ4v) is 5.70. The van der Waals surface area contributed by atoms with E-state index in [0.29, 0.717) is 19.3 Å². The minimum Gasteiger partial charge on any atom is -0.477 e. The first-order valence-corrected chi connectivity index (χ1v) is 20.8. The predicted octanol–water partition coefficient (Wildman–Crippen LogP) is 11.0. The van der Waals surface area contributed by atoms with Crippen molar-refractivity contribution < 1.29 is 38.2 Å². The molecule has 2 atom stereocenters. The zero-order valence-corrected chi connectivity index (χ0v) is 34.4. The second-order valence-corrected chi connectivity index (χ2v) is 14.9. The molecule has 0 spiro atoms. The Labute approximate surface area is 324 Å². The van der Waals surface area contributed by atoms with Gasteiger partial charge in [0, 0.05) is 19.3 Å². The molecule has 1 N–H and O–H groups in total. The number of quaternary nitrogens is 1. The number of carboxylic acids is 1. The van der Waals surface area contributed by atoms with Crippen LogP contribution in [-0.4, -0.2) is 80.6 Å². The van der Waals surface area contributed by atoms with E-state index in [9.17, 15) is 19.5 Å². The molecule has 0 aliphatic heterocycles. The van der Waals surface area contributed by atoms with Gasteiger partial charge < -0.3 is 23.8 Å². The van der Waals surface area contributed by atoms with Gasteiger partial charge in [0.15, 0.2) is 12.1 Å². The van der Waals surface area contributed by atoms with Gasteiger partial charge >= 0.3 is 17.9 Å². The van der Waals surface area contributed by atoms with E-state index >= 15 is 0 Å². The van der Waals surface area contributed by atoms with Crippen molar-refractivity contribution in [1.29, 1.82) is 0 Å². The quantitative estimate of drug-likeness (QED) is 0.0295. The van der Waals surface area contributed by atoms with Gasteiger partial charge in [0.25, 0.3) is 0 Å². The molecule has 0 aromatic carbocycles. The highest BCUT2D eigenvalue weighted by Gasteiger charge is 2.31. The van der Waals surface area contributed by atoms with Crippen LogP contribution >= 0.6 is 0 Å². The highest BCUT2D eigenvalue weighted by atomic mass is 16.6. The monoisotopic (exact) mass is 745 g/mol. The fraction of sp³-hybridized carbons (Fsp3) is 0.711. The van der Waals surface area contributed by atoms with Crippen LogP contribution < -0.4 is 0 Å². The maximum absolute atomic E-state index is 12.6. The summed E-state index contributed by atoms with van der Waals surface area (Å²) in [7, 11) is 5.50. The van der Waals surface area contributed by atoms with Gasteiger partial charge in [0.2, 0.25) is 0 Å². The molecule has 0 radical (unpaired) electrons. The molecule has 2 unspecified atom stereocenters. The van der Waals surface area contributed by atoms with E-state index in [1.54, 1.807) is 0 Å². The summed E-state index contributed by atoms with van der Waals surface area (Å²) in [5.74, 6) is -1.50. The molecule has 53 heavy (non-hydrogen) atoms. The second-order valence-electron chi connectivity index (χ2n) is 14.9. The third-order valence-corrected chi connectivity index (χ3v) is 8.93. The van der Waals surface area contributed by atoms with E-state index in [2.05, 4.69) is 74.6 Å². The number of ether oxygens (including phenoxy) is 3. The number of unbranched alkanes of at least 4 members (excludes halogenated alkanes) is 12. The van der Waals surface area contributed by atoms with Gasteiger partial charge in [-0.25, -0.2) is 4.79 Å². The first-order valence-electron chi connectivity index (χ1n) is 20.8. The first-order chi connectivity index (χ1) is 25.6. The van der Waals surface area contributed by atoms with Crippen molar-refractivity contribution in [3.8, 4) is 0 Å². The summed E-state index contributed by atoms with van der Waals surface area (Å²) in [6.07, 6.45) is 42.8. The van der Waals surface area contributed by atoms with Crippen molar-refractivity contribution >= 4 is 17.9 Å². The van der Waals surface area contributed by atoms with E-state index in [1.807, 2.05) is 21.1 Å². The molecule has 0 fully saturated rings. The van der Waals surface area contributed by atoms with Gasteiger partial charge in [-0.3, -0.25) is 9.59 Å². The van der Waals surface area contributed by atoms with Crippen molar-refractivity contribution in [2.75, 3.05) is 41.0 Å². The number of carbonyl (C=O) groups is 3. The summed E-state index contributed by atoms with van der Waals surface area (Å²) in [6.45, 7) is 4.54. The Morgan fingerprint density at radius 3 is 1.57 bits per heavy atom. The Morgan fingerprint density at radius 2 is 1.06 bits per heavy atom. The van der Waals surface area contributed by atoms with Crippen LogP contribution in [0.25, 0.3) is 0 Å². The minimum absolute atomic E-state index is 0.0547. The number of carbonyl (C=O) groups excluding carboxylic acids is 2. The van der Waals surface area contributed by atoms with Crippen LogP contribution in [0.1, 0.15) is 155 Å². The molecule has 0 aromatic heterocycles. The third-order valence-electron chi connectivity index (χ3n) is 8.93.